The third-order valence-corrected chi connectivity index (χ3v) is 3.05. The highest BCUT2D eigenvalue weighted by atomic mass is 16.4. The van der Waals surface area contributed by atoms with Crippen LogP contribution in [0.15, 0.2) is 29.1 Å². The molecule has 0 spiro atoms. The Morgan fingerprint density at radius 1 is 1.25 bits per heavy atom. The fourth-order valence-electron chi connectivity index (χ4n) is 2.18. The number of pyridine rings is 1. The maximum atomic E-state index is 12.2. The molecule has 0 unspecified atom stereocenters. The van der Waals surface area contributed by atoms with Crippen molar-refractivity contribution in [3.05, 3.63) is 40.2 Å². The summed E-state index contributed by atoms with van der Waals surface area (Å²) >= 11 is 0. The lowest BCUT2D eigenvalue weighted by Gasteiger charge is -2.12. The molecule has 0 amide bonds. The van der Waals surface area contributed by atoms with Crippen LogP contribution < -0.4 is 5.56 Å². The lowest BCUT2D eigenvalue weighted by Crippen LogP contribution is -2.27. The van der Waals surface area contributed by atoms with Crippen LogP contribution in [0.4, 0.5) is 0 Å². The number of aliphatic carboxylic acids is 1. The van der Waals surface area contributed by atoms with Crippen LogP contribution in [0.1, 0.15) is 23.7 Å². The molecular weight excluding hydrogens is 262 g/mol. The monoisotopic (exact) mass is 275 g/mol. The molecule has 0 atom stereocenters. The number of hydrogen-bond donors (Lipinski definition) is 2. The molecule has 0 saturated heterocycles. The van der Waals surface area contributed by atoms with Gasteiger partial charge in [0.1, 0.15) is 17.7 Å². The van der Waals surface area contributed by atoms with Gasteiger partial charge in [-0.15, -0.1) is 0 Å². The van der Waals surface area contributed by atoms with Gasteiger partial charge in [0, 0.05) is 11.9 Å². The highest BCUT2D eigenvalue weighted by molar-refractivity contribution is 6.09. The number of fused-ring (bicyclic) bond motifs is 1. The van der Waals surface area contributed by atoms with Gasteiger partial charge in [0.15, 0.2) is 5.78 Å². The van der Waals surface area contributed by atoms with Crippen molar-refractivity contribution in [1.82, 2.24) is 4.57 Å². The van der Waals surface area contributed by atoms with Gasteiger partial charge in [0.25, 0.3) is 5.56 Å². The van der Waals surface area contributed by atoms with E-state index in [4.69, 9.17) is 5.11 Å². The van der Waals surface area contributed by atoms with Gasteiger partial charge in [-0.2, -0.15) is 0 Å². The van der Waals surface area contributed by atoms with E-state index < -0.39 is 35.0 Å². The molecule has 1 aromatic carbocycles. The number of nitrogens with zero attached hydrogens (tertiary/aromatic N) is 1. The Morgan fingerprint density at radius 2 is 1.90 bits per heavy atom. The number of ketones is 1. The molecule has 2 rings (SSSR count). The summed E-state index contributed by atoms with van der Waals surface area (Å²) in [6.07, 6.45) is -0.829. The van der Waals surface area contributed by atoms with Gasteiger partial charge in [-0.25, -0.2) is 0 Å². The number of carbonyl (C=O) groups excluding carboxylic acids is 1. The van der Waals surface area contributed by atoms with Crippen LogP contribution >= 0.6 is 0 Å². The molecule has 0 aliphatic carbocycles. The Labute approximate surface area is 113 Å². The number of aromatic nitrogens is 1. The Kier molecular flexibility index (Phi) is 3.56. The number of carbonyl (C=O) groups is 2. The van der Waals surface area contributed by atoms with E-state index >= 15 is 0 Å². The molecule has 6 heteroatoms. The van der Waals surface area contributed by atoms with Gasteiger partial charge in [0.05, 0.1) is 5.52 Å². The maximum Gasteiger partial charge on any atom is 0.311 e. The van der Waals surface area contributed by atoms with Crippen molar-refractivity contribution in [2.24, 2.45) is 0 Å². The number of Topliss-reactive ketones (excluding diaryl/α,β-unsaturated/α-hetero) is 1. The minimum atomic E-state index is -1.34. The lowest BCUT2D eigenvalue weighted by atomic mass is 10.0. The predicted octanol–water partition coefficient (Wildman–Crippen LogP) is 1.38. The highest BCUT2D eigenvalue weighted by Crippen LogP contribution is 2.26. The van der Waals surface area contributed by atoms with E-state index in [2.05, 4.69) is 0 Å². The van der Waals surface area contributed by atoms with Crippen molar-refractivity contribution in [3.8, 4) is 5.75 Å². The Hall–Kier alpha value is -2.63. The smallest absolute Gasteiger partial charge is 0.311 e. The zero-order valence-electron chi connectivity index (χ0n) is 10.8. The lowest BCUT2D eigenvalue weighted by molar-refractivity contribution is -0.135. The van der Waals surface area contributed by atoms with Crippen molar-refractivity contribution < 1.29 is 19.8 Å². The summed E-state index contributed by atoms with van der Waals surface area (Å²) in [6, 6.07) is 6.61. The largest absolute Gasteiger partial charge is 0.506 e. The molecule has 2 aromatic rings. The molecule has 0 bridgehead atoms. The maximum absolute atomic E-state index is 12.2. The molecule has 20 heavy (non-hydrogen) atoms. The second-order valence-corrected chi connectivity index (χ2v) is 4.28. The molecule has 0 fully saturated rings. The molecule has 0 aliphatic rings. The first-order valence-electron chi connectivity index (χ1n) is 6.06. The molecule has 0 radical (unpaired) electrons. The Balaban J connectivity index is 2.82. The number of hydrogen-bond acceptors (Lipinski definition) is 4. The second-order valence-electron chi connectivity index (χ2n) is 4.28. The second kappa shape index (κ2) is 5.16. The number of carboxylic acids is 1. The van der Waals surface area contributed by atoms with Crippen LogP contribution in [0.5, 0.6) is 5.75 Å². The van der Waals surface area contributed by atoms with Gasteiger partial charge in [-0.05, 0) is 19.1 Å². The first-order valence-corrected chi connectivity index (χ1v) is 6.06. The normalized spacial score (nSPS) is 10.7. The molecule has 2 N–H and O–H groups in total. The van der Waals surface area contributed by atoms with Crippen LogP contribution in [-0.4, -0.2) is 26.5 Å². The number of rotatable bonds is 4. The van der Waals surface area contributed by atoms with E-state index in [0.717, 1.165) is 0 Å². The van der Waals surface area contributed by atoms with E-state index in [1.807, 2.05) is 0 Å². The van der Waals surface area contributed by atoms with Crippen molar-refractivity contribution in [2.75, 3.05) is 0 Å². The predicted molar refractivity (Wildman–Crippen MR) is 72.1 cm³/mol. The average Bonchev–Trinajstić information content (AvgIpc) is 2.38. The van der Waals surface area contributed by atoms with Crippen molar-refractivity contribution >= 4 is 22.7 Å². The van der Waals surface area contributed by atoms with Gasteiger partial charge in [-0.1, -0.05) is 12.1 Å². The molecule has 0 aliphatic heterocycles. The highest BCUT2D eigenvalue weighted by Gasteiger charge is 2.23. The quantitative estimate of drug-likeness (QED) is 0.649. The van der Waals surface area contributed by atoms with E-state index in [0.29, 0.717) is 17.4 Å². The summed E-state index contributed by atoms with van der Waals surface area (Å²) < 4.78 is 1.34. The first-order chi connectivity index (χ1) is 9.47. The molecule has 6 nitrogen and oxygen atoms in total. The summed E-state index contributed by atoms with van der Waals surface area (Å²) in [7, 11) is 0. The van der Waals surface area contributed by atoms with Crippen molar-refractivity contribution in [2.45, 2.75) is 19.9 Å². The number of aryl methyl sites for hydroxylation is 1. The molecule has 1 aromatic heterocycles. The molecule has 0 saturated carbocycles. The number of carboxylic acid groups (broad SMARTS) is 1. The summed E-state index contributed by atoms with van der Waals surface area (Å²) in [5, 5.41) is 19.1. The van der Waals surface area contributed by atoms with E-state index in [-0.39, 0.29) is 0 Å². The van der Waals surface area contributed by atoms with Crippen LogP contribution in [0.2, 0.25) is 0 Å². The van der Waals surface area contributed by atoms with Crippen LogP contribution in [-0.2, 0) is 11.3 Å². The van der Waals surface area contributed by atoms with Crippen molar-refractivity contribution in [3.63, 3.8) is 0 Å². The Morgan fingerprint density at radius 3 is 2.50 bits per heavy atom. The van der Waals surface area contributed by atoms with Gasteiger partial charge in [-0.3, -0.25) is 14.4 Å². The zero-order valence-corrected chi connectivity index (χ0v) is 10.8. The fraction of sp³-hybridized carbons (Fsp3) is 0.214. The topological polar surface area (TPSA) is 96.6 Å². The van der Waals surface area contributed by atoms with Gasteiger partial charge >= 0.3 is 5.97 Å². The summed E-state index contributed by atoms with van der Waals surface area (Å²) in [5.41, 5.74) is -0.632. The summed E-state index contributed by atoms with van der Waals surface area (Å²) in [5.74, 6) is -2.69. The summed E-state index contributed by atoms with van der Waals surface area (Å²) in [4.78, 5) is 34.7. The summed E-state index contributed by atoms with van der Waals surface area (Å²) in [6.45, 7) is 2.04. The number of aromatic hydroxyl groups is 1. The minimum Gasteiger partial charge on any atom is -0.506 e. The van der Waals surface area contributed by atoms with E-state index in [1.165, 1.54) is 4.57 Å². The Bertz CT molecular complexity index is 760. The third-order valence-electron chi connectivity index (χ3n) is 3.05. The van der Waals surface area contributed by atoms with Crippen LogP contribution in [0.25, 0.3) is 10.9 Å². The minimum absolute atomic E-state index is 0.312. The van der Waals surface area contributed by atoms with Crippen LogP contribution in [0, 0.1) is 0 Å². The average molecular weight is 275 g/mol. The van der Waals surface area contributed by atoms with Gasteiger partial charge < -0.3 is 14.8 Å². The molecule has 104 valence electrons. The third kappa shape index (κ3) is 2.16. The van der Waals surface area contributed by atoms with E-state index in [9.17, 15) is 19.5 Å². The standard InChI is InChI=1S/C14H13NO5/c1-2-15-9-6-4-3-5-8(9)13(19)12(14(15)20)10(16)7-11(17)18/h3-6,19H,2,7H2,1H3,(H,17,18). The van der Waals surface area contributed by atoms with Crippen molar-refractivity contribution in [1.29, 1.82) is 0 Å². The fourth-order valence-corrected chi connectivity index (χ4v) is 2.18. The number of para-hydroxylation sites is 1. The molecular formula is C14H13NO5. The number of benzene rings is 1. The van der Waals surface area contributed by atoms with E-state index in [1.54, 1.807) is 31.2 Å². The van der Waals surface area contributed by atoms with Gasteiger partial charge in [0.2, 0.25) is 0 Å². The SMILES string of the molecule is CCn1c(=O)c(C(=O)CC(=O)O)c(O)c2ccccc21. The van der Waals surface area contributed by atoms with Crippen LogP contribution in [0.3, 0.4) is 0 Å². The molecule has 1 heterocycles. The first kappa shape index (κ1) is 13.8. The zero-order chi connectivity index (χ0) is 14.9.